The maximum absolute atomic E-state index is 12.5. The van der Waals surface area contributed by atoms with Crippen LogP contribution in [0.15, 0.2) is 30.7 Å². The molecule has 0 radical (unpaired) electrons. The van der Waals surface area contributed by atoms with Crippen molar-refractivity contribution in [2.24, 2.45) is 7.05 Å². The summed E-state index contributed by atoms with van der Waals surface area (Å²) in [5.41, 5.74) is 1.21. The number of pyridine rings is 1. The summed E-state index contributed by atoms with van der Waals surface area (Å²) in [4.78, 5) is 16.2. The number of fused-ring (bicyclic) bond motifs is 1. The minimum atomic E-state index is -0.451. The summed E-state index contributed by atoms with van der Waals surface area (Å²) in [6.07, 6.45) is 1.73. The Morgan fingerprint density at radius 1 is 1.60 bits per heavy atom. The Kier molecular flexibility index (Phi) is 4.02. The third kappa shape index (κ3) is 2.64. The molecule has 106 valence electrons. The quantitative estimate of drug-likeness (QED) is 0.911. The molecule has 1 amide bonds. The topological polar surface area (TPSA) is 56.1 Å². The molecular weight excluding hydrogens is 261 g/mol. The van der Waals surface area contributed by atoms with Crippen molar-refractivity contribution in [3.63, 3.8) is 0 Å². The number of aryl methyl sites for hydroxylation is 1. The maximum Gasteiger partial charge on any atom is 0.267 e. The van der Waals surface area contributed by atoms with Crippen molar-refractivity contribution in [2.45, 2.75) is 6.42 Å². The second-order valence-corrected chi connectivity index (χ2v) is 4.37. The number of carbonyl (C=O) groups is 1. The first kappa shape index (κ1) is 14.0. The second kappa shape index (κ2) is 5.73. The van der Waals surface area contributed by atoms with E-state index in [9.17, 15) is 9.18 Å². The van der Waals surface area contributed by atoms with E-state index < -0.39 is 5.83 Å². The molecule has 2 rings (SSSR count). The van der Waals surface area contributed by atoms with Crippen molar-refractivity contribution in [1.29, 1.82) is 0 Å². The highest BCUT2D eigenvalue weighted by Gasteiger charge is 2.16. The van der Waals surface area contributed by atoms with Gasteiger partial charge in [0, 0.05) is 31.6 Å². The molecule has 0 aliphatic carbocycles. The molecule has 2 aromatic rings. The van der Waals surface area contributed by atoms with Crippen LogP contribution in [-0.2, 0) is 7.05 Å². The van der Waals surface area contributed by atoms with Gasteiger partial charge in [0.1, 0.15) is 11.2 Å². The zero-order chi connectivity index (χ0) is 14.7. The van der Waals surface area contributed by atoms with Crippen LogP contribution >= 0.6 is 0 Å². The number of carbonyl (C=O) groups excluding carboxylic acids is 1. The van der Waals surface area contributed by atoms with Crippen molar-refractivity contribution in [1.82, 2.24) is 14.9 Å². The minimum absolute atomic E-state index is 0.112. The van der Waals surface area contributed by atoms with Gasteiger partial charge in [-0.05, 0) is 12.1 Å². The first-order chi connectivity index (χ1) is 9.54. The molecule has 0 saturated carbocycles. The Morgan fingerprint density at radius 2 is 2.35 bits per heavy atom. The highest BCUT2D eigenvalue weighted by Crippen LogP contribution is 2.25. The van der Waals surface area contributed by atoms with E-state index in [1.54, 1.807) is 29.9 Å². The van der Waals surface area contributed by atoms with E-state index in [0.29, 0.717) is 11.6 Å². The van der Waals surface area contributed by atoms with Crippen LogP contribution in [0.3, 0.4) is 0 Å². The van der Waals surface area contributed by atoms with E-state index in [4.69, 9.17) is 4.74 Å². The summed E-state index contributed by atoms with van der Waals surface area (Å²) in [7, 11) is 3.29. The lowest BCUT2D eigenvalue weighted by Gasteiger charge is -2.07. The molecule has 0 atom stereocenters. The Morgan fingerprint density at radius 3 is 3.00 bits per heavy atom. The van der Waals surface area contributed by atoms with Crippen LogP contribution in [0.4, 0.5) is 4.39 Å². The van der Waals surface area contributed by atoms with Crippen LogP contribution in [0.5, 0.6) is 5.88 Å². The van der Waals surface area contributed by atoms with E-state index in [2.05, 4.69) is 16.9 Å². The van der Waals surface area contributed by atoms with Gasteiger partial charge >= 0.3 is 0 Å². The standard InChI is InChI=1S/C14H16FN3O2/c1-9(15)4-6-16-13(19)11-8-10-5-7-17-14(20-3)12(10)18(11)2/h5,7-8H,1,4,6H2,2-3H3,(H,16,19). The van der Waals surface area contributed by atoms with Gasteiger partial charge in [-0.1, -0.05) is 6.58 Å². The van der Waals surface area contributed by atoms with E-state index >= 15 is 0 Å². The van der Waals surface area contributed by atoms with Gasteiger partial charge in [-0.15, -0.1) is 0 Å². The summed E-state index contributed by atoms with van der Waals surface area (Å²) in [5, 5.41) is 3.51. The number of ether oxygens (including phenoxy) is 1. The van der Waals surface area contributed by atoms with E-state index in [1.165, 1.54) is 7.11 Å². The number of aromatic nitrogens is 2. The van der Waals surface area contributed by atoms with Gasteiger partial charge in [0.05, 0.1) is 12.9 Å². The molecular formula is C14H16FN3O2. The van der Waals surface area contributed by atoms with E-state index in [-0.39, 0.29) is 18.9 Å². The molecule has 5 nitrogen and oxygen atoms in total. The Bertz CT molecular complexity index is 664. The molecule has 0 fully saturated rings. The minimum Gasteiger partial charge on any atom is -0.479 e. The predicted octanol–water partition coefficient (Wildman–Crippen LogP) is 2.18. The highest BCUT2D eigenvalue weighted by molar-refractivity contribution is 5.99. The van der Waals surface area contributed by atoms with E-state index in [0.717, 1.165) is 10.9 Å². The number of hydrogen-bond acceptors (Lipinski definition) is 3. The van der Waals surface area contributed by atoms with Gasteiger partial charge in [0.25, 0.3) is 5.91 Å². The van der Waals surface area contributed by atoms with Crippen molar-refractivity contribution >= 4 is 16.8 Å². The summed E-state index contributed by atoms with van der Waals surface area (Å²) in [6, 6.07) is 3.55. The number of nitrogens with zero attached hydrogens (tertiary/aromatic N) is 2. The van der Waals surface area contributed by atoms with Gasteiger partial charge in [0.2, 0.25) is 5.88 Å². The number of nitrogens with one attached hydrogen (secondary N) is 1. The van der Waals surface area contributed by atoms with E-state index in [1.807, 2.05) is 0 Å². The van der Waals surface area contributed by atoms with Crippen molar-refractivity contribution in [2.75, 3.05) is 13.7 Å². The largest absolute Gasteiger partial charge is 0.479 e. The third-order valence-corrected chi connectivity index (χ3v) is 3.02. The molecule has 2 aromatic heterocycles. The summed E-state index contributed by atoms with van der Waals surface area (Å²) < 4.78 is 19.4. The van der Waals surface area contributed by atoms with Gasteiger partial charge < -0.3 is 14.6 Å². The first-order valence-electron chi connectivity index (χ1n) is 6.14. The third-order valence-electron chi connectivity index (χ3n) is 3.02. The summed E-state index contributed by atoms with van der Waals surface area (Å²) >= 11 is 0. The molecule has 0 unspecified atom stereocenters. The number of hydrogen-bond donors (Lipinski definition) is 1. The van der Waals surface area contributed by atoms with Crippen LogP contribution in [0.1, 0.15) is 16.9 Å². The summed E-state index contributed by atoms with van der Waals surface area (Å²) in [5.74, 6) is -0.263. The Labute approximate surface area is 116 Å². The number of rotatable bonds is 5. The molecule has 0 bridgehead atoms. The monoisotopic (exact) mass is 277 g/mol. The van der Waals surface area contributed by atoms with Crippen molar-refractivity contribution in [3.05, 3.63) is 36.4 Å². The molecule has 6 heteroatoms. The molecule has 20 heavy (non-hydrogen) atoms. The van der Waals surface area contributed by atoms with Crippen molar-refractivity contribution < 1.29 is 13.9 Å². The highest BCUT2D eigenvalue weighted by atomic mass is 19.1. The molecule has 1 N–H and O–H groups in total. The van der Waals surface area contributed by atoms with Gasteiger partial charge in [-0.25, -0.2) is 9.37 Å². The predicted molar refractivity (Wildman–Crippen MR) is 74.5 cm³/mol. The number of methoxy groups -OCH3 is 1. The van der Waals surface area contributed by atoms with Crippen LogP contribution in [0, 0.1) is 0 Å². The molecule has 0 spiro atoms. The number of amides is 1. The fraction of sp³-hybridized carbons (Fsp3) is 0.286. The maximum atomic E-state index is 12.5. The SMILES string of the molecule is C=C(F)CCNC(=O)c1cc2ccnc(OC)c2n1C. The zero-order valence-corrected chi connectivity index (χ0v) is 11.4. The van der Waals surface area contributed by atoms with Gasteiger partial charge in [0.15, 0.2) is 0 Å². The zero-order valence-electron chi connectivity index (χ0n) is 11.4. The Balaban J connectivity index is 2.29. The van der Waals surface area contributed by atoms with Crippen LogP contribution in [-0.4, -0.2) is 29.1 Å². The lowest BCUT2D eigenvalue weighted by molar-refractivity contribution is 0.0946. The fourth-order valence-electron chi connectivity index (χ4n) is 2.04. The molecule has 0 aliphatic heterocycles. The van der Waals surface area contributed by atoms with Crippen LogP contribution in [0.25, 0.3) is 10.9 Å². The average molecular weight is 277 g/mol. The molecule has 0 aromatic carbocycles. The summed E-state index contributed by atoms with van der Waals surface area (Å²) in [6.45, 7) is 3.37. The molecule has 0 saturated heterocycles. The normalized spacial score (nSPS) is 10.6. The molecule has 0 aliphatic rings. The fourth-order valence-corrected chi connectivity index (χ4v) is 2.04. The average Bonchev–Trinajstić information content (AvgIpc) is 2.76. The smallest absolute Gasteiger partial charge is 0.267 e. The van der Waals surface area contributed by atoms with Crippen LogP contribution < -0.4 is 10.1 Å². The Hall–Kier alpha value is -2.37. The molecule has 2 heterocycles. The van der Waals surface area contributed by atoms with Gasteiger partial charge in [-0.2, -0.15) is 0 Å². The lowest BCUT2D eigenvalue weighted by Crippen LogP contribution is -2.26. The van der Waals surface area contributed by atoms with Crippen molar-refractivity contribution in [3.8, 4) is 5.88 Å². The number of halogens is 1. The van der Waals surface area contributed by atoms with Crippen LogP contribution in [0.2, 0.25) is 0 Å². The van der Waals surface area contributed by atoms with Gasteiger partial charge in [-0.3, -0.25) is 4.79 Å². The second-order valence-electron chi connectivity index (χ2n) is 4.37. The lowest BCUT2D eigenvalue weighted by atomic mass is 10.3. The first-order valence-corrected chi connectivity index (χ1v) is 6.14.